The van der Waals surface area contributed by atoms with Crippen LogP contribution in [0.3, 0.4) is 0 Å². The van der Waals surface area contributed by atoms with Crippen LogP contribution in [0.5, 0.6) is 0 Å². The molecular weight excluding hydrogens is 316 g/mol. The van der Waals surface area contributed by atoms with Crippen molar-refractivity contribution in [3.05, 3.63) is 0 Å². The zero-order valence-electron chi connectivity index (χ0n) is 16.4. The second-order valence-corrected chi connectivity index (χ2v) is 7.92. The summed E-state index contributed by atoms with van der Waals surface area (Å²) in [4.78, 5) is 0. The lowest BCUT2D eigenvalue weighted by Gasteiger charge is -2.26. The third-order valence-corrected chi connectivity index (χ3v) is 5.58. The molecular formula is C21H42O4. The lowest BCUT2D eigenvalue weighted by Crippen LogP contribution is -2.40. The van der Waals surface area contributed by atoms with Gasteiger partial charge in [0.1, 0.15) is 6.10 Å². The number of unbranched alkanes of at least 4 members (excludes halogenated alkanes) is 13. The molecule has 3 N–H and O–H groups in total. The second-order valence-electron chi connectivity index (χ2n) is 7.92. The fraction of sp³-hybridized carbons (Fsp3) is 1.00. The Morgan fingerprint density at radius 3 is 1.68 bits per heavy atom. The molecule has 0 aromatic heterocycles. The van der Waals surface area contributed by atoms with Gasteiger partial charge in [-0.2, -0.15) is 0 Å². The van der Waals surface area contributed by atoms with E-state index < -0.39 is 18.0 Å². The maximum absolute atomic E-state index is 10.5. The van der Waals surface area contributed by atoms with Crippen molar-refractivity contribution in [2.45, 2.75) is 128 Å². The number of aliphatic hydroxyl groups excluding tert-OH is 2. The first-order chi connectivity index (χ1) is 12.1. The Labute approximate surface area is 155 Å². The summed E-state index contributed by atoms with van der Waals surface area (Å²) in [5.41, 5.74) is -1.05. The normalized spacial score (nSPS) is 26.4. The van der Waals surface area contributed by atoms with E-state index in [9.17, 15) is 15.3 Å². The summed E-state index contributed by atoms with van der Waals surface area (Å²) < 4.78 is 5.15. The molecule has 0 aromatic carbocycles. The van der Waals surface area contributed by atoms with Gasteiger partial charge in [-0.1, -0.05) is 96.8 Å². The standard InChI is InChI=1S/C21H42O4/c1-2-3-4-5-6-7-8-9-10-11-12-13-14-15-16-21(24)17-20(23)25-19(21)18-22/h19-20,22-24H,2-18H2,1H3/t19-,20+,21+/m1/s1. The molecule has 0 unspecified atom stereocenters. The van der Waals surface area contributed by atoms with E-state index in [1.165, 1.54) is 77.0 Å². The Kier molecular flexibility index (Phi) is 12.8. The summed E-state index contributed by atoms with van der Waals surface area (Å²) in [6, 6.07) is 0. The van der Waals surface area contributed by atoms with Crippen molar-refractivity contribution in [2.75, 3.05) is 6.61 Å². The highest BCUT2D eigenvalue weighted by molar-refractivity contribution is 4.93. The Hall–Kier alpha value is -0.160. The molecule has 3 atom stereocenters. The summed E-state index contributed by atoms with van der Waals surface area (Å²) >= 11 is 0. The molecule has 0 bridgehead atoms. The van der Waals surface area contributed by atoms with Gasteiger partial charge in [-0.15, -0.1) is 0 Å². The van der Waals surface area contributed by atoms with Crippen molar-refractivity contribution in [2.24, 2.45) is 0 Å². The Bertz CT molecular complexity index is 310. The van der Waals surface area contributed by atoms with Crippen LogP contribution < -0.4 is 0 Å². The van der Waals surface area contributed by atoms with Crippen molar-refractivity contribution >= 4 is 0 Å². The third-order valence-electron chi connectivity index (χ3n) is 5.58. The first-order valence-corrected chi connectivity index (χ1v) is 10.8. The minimum atomic E-state index is -1.05. The third kappa shape index (κ3) is 9.93. The van der Waals surface area contributed by atoms with Gasteiger partial charge in [0.15, 0.2) is 6.29 Å². The molecule has 4 heteroatoms. The molecule has 1 aliphatic rings. The highest BCUT2D eigenvalue weighted by Gasteiger charge is 2.45. The van der Waals surface area contributed by atoms with Crippen molar-refractivity contribution in [3.8, 4) is 0 Å². The topological polar surface area (TPSA) is 69.9 Å². The molecule has 0 spiro atoms. The lowest BCUT2D eigenvalue weighted by atomic mass is 9.89. The van der Waals surface area contributed by atoms with Crippen LogP contribution in [-0.2, 0) is 4.74 Å². The van der Waals surface area contributed by atoms with Crippen molar-refractivity contribution < 1.29 is 20.1 Å². The quantitative estimate of drug-likeness (QED) is 0.350. The van der Waals surface area contributed by atoms with Gasteiger partial charge in [0.2, 0.25) is 0 Å². The van der Waals surface area contributed by atoms with Crippen LogP contribution in [0.2, 0.25) is 0 Å². The summed E-state index contributed by atoms with van der Waals surface area (Å²) in [6.07, 6.45) is 17.6. The van der Waals surface area contributed by atoms with Crippen LogP contribution >= 0.6 is 0 Å². The zero-order chi connectivity index (χ0) is 18.4. The number of rotatable bonds is 16. The molecule has 1 heterocycles. The highest BCUT2D eigenvalue weighted by Crippen LogP contribution is 2.34. The largest absolute Gasteiger partial charge is 0.394 e. The molecule has 1 aliphatic heterocycles. The molecule has 0 radical (unpaired) electrons. The maximum atomic E-state index is 10.5. The van der Waals surface area contributed by atoms with Crippen LogP contribution in [0.15, 0.2) is 0 Å². The molecule has 25 heavy (non-hydrogen) atoms. The number of hydrogen-bond acceptors (Lipinski definition) is 4. The van der Waals surface area contributed by atoms with Crippen LogP contribution in [0.25, 0.3) is 0 Å². The van der Waals surface area contributed by atoms with E-state index in [1.54, 1.807) is 0 Å². The number of aliphatic hydroxyl groups is 3. The smallest absolute Gasteiger partial charge is 0.158 e. The van der Waals surface area contributed by atoms with Gasteiger partial charge in [0, 0.05) is 6.42 Å². The first kappa shape index (κ1) is 22.9. The fourth-order valence-corrected chi connectivity index (χ4v) is 3.90. The average Bonchev–Trinajstić information content (AvgIpc) is 2.89. The van der Waals surface area contributed by atoms with Crippen molar-refractivity contribution in [3.63, 3.8) is 0 Å². The van der Waals surface area contributed by atoms with E-state index in [4.69, 9.17) is 4.74 Å². The van der Waals surface area contributed by atoms with Gasteiger partial charge in [-0.05, 0) is 6.42 Å². The molecule has 0 aliphatic carbocycles. The summed E-state index contributed by atoms with van der Waals surface area (Å²) in [7, 11) is 0. The van der Waals surface area contributed by atoms with E-state index in [0.717, 1.165) is 12.8 Å². The average molecular weight is 359 g/mol. The first-order valence-electron chi connectivity index (χ1n) is 10.8. The second kappa shape index (κ2) is 14.0. The van der Waals surface area contributed by atoms with Gasteiger partial charge in [0.05, 0.1) is 12.2 Å². The van der Waals surface area contributed by atoms with E-state index in [-0.39, 0.29) is 13.0 Å². The predicted molar refractivity (Wildman–Crippen MR) is 102 cm³/mol. The minimum absolute atomic E-state index is 0.219. The van der Waals surface area contributed by atoms with Crippen molar-refractivity contribution in [1.82, 2.24) is 0 Å². The Balaban J connectivity index is 1.86. The Morgan fingerprint density at radius 2 is 1.24 bits per heavy atom. The summed E-state index contributed by atoms with van der Waals surface area (Å²) in [5.74, 6) is 0. The minimum Gasteiger partial charge on any atom is -0.394 e. The molecule has 1 saturated heterocycles. The van der Waals surface area contributed by atoms with Gasteiger partial charge in [-0.25, -0.2) is 0 Å². The number of hydrogen-bond donors (Lipinski definition) is 3. The maximum Gasteiger partial charge on any atom is 0.158 e. The molecule has 4 nitrogen and oxygen atoms in total. The van der Waals surface area contributed by atoms with Gasteiger partial charge >= 0.3 is 0 Å². The SMILES string of the molecule is CCCCCCCCCCCCCCCC[C@]1(O)C[C@@H](O)O[C@@H]1CO. The Morgan fingerprint density at radius 1 is 0.800 bits per heavy atom. The zero-order valence-corrected chi connectivity index (χ0v) is 16.4. The van der Waals surface area contributed by atoms with Crippen LogP contribution in [0.1, 0.15) is 110 Å². The molecule has 1 rings (SSSR count). The van der Waals surface area contributed by atoms with E-state index in [0.29, 0.717) is 6.42 Å². The predicted octanol–water partition coefficient (Wildman–Crippen LogP) is 4.69. The van der Waals surface area contributed by atoms with E-state index >= 15 is 0 Å². The molecule has 0 aromatic rings. The molecule has 0 saturated carbocycles. The monoisotopic (exact) mass is 358 g/mol. The fourth-order valence-electron chi connectivity index (χ4n) is 3.90. The molecule has 0 amide bonds. The van der Waals surface area contributed by atoms with Gasteiger partial charge in [-0.3, -0.25) is 0 Å². The molecule has 1 fully saturated rings. The van der Waals surface area contributed by atoms with Gasteiger partial charge in [0.25, 0.3) is 0 Å². The highest BCUT2D eigenvalue weighted by atomic mass is 16.6. The van der Waals surface area contributed by atoms with Crippen molar-refractivity contribution in [1.29, 1.82) is 0 Å². The van der Waals surface area contributed by atoms with E-state index in [1.807, 2.05) is 0 Å². The van der Waals surface area contributed by atoms with Gasteiger partial charge < -0.3 is 20.1 Å². The van der Waals surface area contributed by atoms with Crippen LogP contribution in [0, 0.1) is 0 Å². The number of ether oxygens (including phenoxy) is 1. The van der Waals surface area contributed by atoms with E-state index in [2.05, 4.69) is 6.92 Å². The summed E-state index contributed by atoms with van der Waals surface area (Å²) in [6.45, 7) is 2.04. The lowest BCUT2D eigenvalue weighted by molar-refractivity contribution is -0.121. The summed E-state index contributed by atoms with van der Waals surface area (Å²) in [5, 5.41) is 29.2. The van der Waals surface area contributed by atoms with Crippen LogP contribution in [-0.4, -0.2) is 39.9 Å². The molecule has 150 valence electrons. The van der Waals surface area contributed by atoms with Crippen LogP contribution in [0.4, 0.5) is 0 Å².